The lowest BCUT2D eigenvalue weighted by Gasteiger charge is -2.64. The molecular formula is C24H42O2. The van der Waals surface area contributed by atoms with Crippen molar-refractivity contribution in [3.63, 3.8) is 0 Å². The molecule has 4 rings (SSSR count). The molecule has 0 bridgehead atoms. The van der Waals surface area contributed by atoms with Crippen LogP contribution in [0.15, 0.2) is 0 Å². The van der Waals surface area contributed by atoms with Gasteiger partial charge in [0.1, 0.15) is 0 Å². The van der Waals surface area contributed by atoms with Crippen LogP contribution in [0.3, 0.4) is 0 Å². The highest BCUT2D eigenvalue weighted by molar-refractivity contribution is 5.13. The van der Waals surface area contributed by atoms with Gasteiger partial charge in [-0.1, -0.05) is 41.0 Å². The van der Waals surface area contributed by atoms with Gasteiger partial charge in [-0.3, -0.25) is 0 Å². The minimum atomic E-state index is -0.149. The molecule has 26 heavy (non-hydrogen) atoms. The van der Waals surface area contributed by atoms with Gasteiger partial charge in [0.15, 0.2) is 0 Å². The van der Waals surface area contributed by atoms with E-state index < -0.39 is 0 Å². The predicted octanol–water partition coefficient (Wildman–Crippen LogP) is 5.27. The van der Waals surface area contributed by atoms with Crippen LogP contribution >= 0.6 is 0 Å². The molecule has 4 fully saturated rings. The van der Waals surface area contributed by atoms with E-state index in [4.69, 9.17) is 0 Å². The topological polar surface area (TPSA) is 40.5 Å². The van der Waals surface area contributed by atoms with Crippen molar-refractivity contribution in [2.45, 2.75) is 98.2 Å². The molecule has 0 aromatic rings. The van der Waals surface area contributed by atoms with E-state index in [1.54, 1.807) is 0 Å². The summed E-state index contributed by atoms with van der Waals surface area (Å²) < 4.78 is 0. The van der Waals surface area contributed by atoms with Crippen LogP contribution in [0.5, 0.6) is 0 Å². The molecule has 0 radical (unpaired) electrons. The summed E-state index contributed by atoms with van der Waals surface area (Å²) in [7, 11) is 0. The Hall–Kier alpha value is -0.0800. The average Bonchev–Trinajstić information content (AvgIpc) is 2.94. The third-order valence-corrected chi connectivity index (χ3v) is 10.3. The van der Waals surface area contributed by atoms with Gasteiger partial charge in [-0.2, -0.15) is 0 Å². The van der Waals surface area contributed by atoms with E-state index in [1.807, 2.05) is 0 Å². The summed E-state index contributed by atoms with van der Waals surface area (Å²) in [6, 6.07) is 0. The molecule has 0 saturated heterocycles. The van der Waals surface area contributed by atoms with E-state index in [1.165, 1.54) is 32.1 Å². The molecule has 10 atom stereocenters. The quantitative estimate of drug-likeness (QED) is 0.702. The Labute approximate surface area is 161 Å². The van der Waals surface area contributed by atoms with E-state index in [2.05, 4.69) is 34.6 Å². The van der Waals surface area contributed by atoms with Crippen molar-refractivity contribution in [1.82, 2.24) is 0 Å². The number of aliphatic hydroxyl groups excluding tert-OH is 2. The van der Waals surface area contributed by atoms with Crippen LogP contribution in [0.1, 0.15) is 86.0 Å². The second kappa shape index (κ2) is 6.48. The molecule has 4 saturated carbocycles. The van der Waals surface area contributed by atoms with Crippen molar-refractivity contribution < 1.29 is 10.2 Å². The van der Waals surface area contributed by atoms with E-state index >= 15 is 0 Å². The third kappa shape index (κ3) is 2.50. The molecule has 0 heterocycles. The summed E-state index contributed by atoms with van der Waals surface area (Å²) in [5.74, 6) is 4.37. The molecule has 0 amide bonds. The fraction of sp³-hybridized carbons (Fsp3) is 1.00. The van der Waals surface area contributed by atoms with Crippen LogP contribution in [-0.4, -0.2) is 22.4 Å². The summed E-state index contributed by atoms with van der Waals surface area (Å²) in [5, 5.41) is 22.0. The molecule has 3 unspecified atom stereocenters. The summed E-state index contributed by atoms with van der Waals surface area (Å²) in [6.45, 7) is 12.2. The molecule has 2 nitrogen and oxygen atoms in total. The maximum Gasteiger partial charge on any atom is 0.0605 e. The monoisotopic (exact) mass is 362 g/mol. The fourth-order valence-electron chi connectivity index (χ4n) is 9.09. The highest BCUT2D eigenvalue weighted by atomic mass is 16.3. The SMILES string of the molecule is CC[C@H]1[C@H](O)C2C3CC[C@H](C(C)C)[C@@]3(C)CCC2[C@@]2(C)CC[C@@H](O)C[C@@H]12. The highest BCUT2D eigenvalue weighted by Crippen LogP contribution is 2.69. The molecule has 2 N–H and O–H groups in total. The summed E-state index contributed by atoms with van der Waals surface area (Å²) in [4.78, 5) is 0. The van der Waals surface area contributed by atoms with Crippen molar-refractivity contribution in [3.05, 3.63) is 0 Å². The largest absolute Gasteiger partial charge is 0.393 e. The first-order valence-corrected chi connectivity index (χ1v) is 11.6. The minimum absolute atomic E-state index is 0.142. The van der Waals surface area contributed by atoms with Crippen LogP contribution in [0.2, 0.25) is 0 Å². The van der Waals surface area contributed by atoms with E-state index in [9.17, 15) is 10.2 Å². The van der Waals surface area contributed by atoms with Gasteiger partial charge in [-0.05, 0) is 97.2 Å². The highest BCUT2D eigenvalue weighted by Gasteiger charge is 2.64. The van der Waals surface area contributed by atoms with Crippen LogP contribution in [0, 0.1) is 52.3 Å². The normalized spacial score (nSPS) is 56.8. The standard InChI is InChI=1S/C24H42O2/c1-6-16-20-13-15(25)9-11-24(20,5)19-10-12-23(4)17(14(2)3)7-8-18(23)21(19)22(16)26/h14-22,25-26H,6-13H2,1-5H3/t15-,16-,17-,18?,19?,20+,21?,22+,23-,24-/m1/s1. The van der Waals surface area contributed by atoms with Crippen molar-refractivity contribution in [1.29, 1.82) is 0 Å². The number of fused-ring (bicyclic) bond motifs is 5. The Morgan fingerprint density at radius 3 is 2.19 bits per heavy atom. The van der Waals surface area contributed by atoms with E-state index in [0.29, 0.717) is 40.4 Å². The molecule has 2 heteroatoms. The Kier molecular flexibility index (Phi) is 4.79. The number of aliphatic hydroxyl groups is 2. The lowest BCUT2D eigenvalue weighted by Crippen LogP contribution is -2.62. The van der Waals surface area contributed by atoms with Gasteiger partial charge in [0.2, 0.25) is 0 Å². The van der Waals surface area contributed by atoms with Gasteiger partial charge >= 0.3 is 0 Å². The Bertz CT molecular complexity index is 530. The van der Waals surface area contributed by atoms with E-state index in [0.717, 1.165) is 31.1 Å². The molecule has 4 aliphatic carbocycles. The maximum atomic E-state index is 11.6. The zero-order valence-electron chi connectivity index (χ0n) is 17.7. The number of rotatable bonds is 2. The summed E-state index contributed by atoms with van der Waals surface area (Å²) in [5.41, 5.74) is 0.771. The lowest BCUT2D eigenvalue weighted by atomic mass is 9.41. The molecule has 0 aromatic heterocycles. The van der Waals surface area contributed by atoms with Gasteiger partial charge in [-0.15, -0.1) is 0 Å². The average molecular weight is 363 g/mol. The first kappa shape index (κ1) is 19.2. The van der Waals surface area contributed by atoms with E-state index in [-0.39, 0.29) is 12.2 Å². The Morgan fingerprint density at radius 2 is 1.54 bits per heavy atom. The Morgan fingerprint density at radius 1 is 0.885 bits per heavy atom. The predicted molar refractivity (Wildman–Crippen MR) is 107 cm³/mol. The first-order chi connectivity index (χ1) is 12.2. The smallest absolute Gasteiger partial charge is 0.0605 e. The van der Waals surface area contributed by atoms with Gasteiger partial charge in [0.25, 0.3) is 0 Å². The molecule has 0 aliphatic heterocycles. The van der Waals surface area contributed by atoms with Crippen LogP contribution < -0.4 is 0 Å². The lowest BCUT2D eigenvalue weighted by molar-refractivity contribution is -0.203. The molecule has 150 valence electrons. The Balaban J connectivity index is 1.71. The minimum Gasteiger partial charge on any atom is -0.393 e. The second-order valence-electron chi connectivity index (χ2n) is 11.4. The van der Waals surface area contributed by atoms with Crippen LogP contribution in [-0.2, 0) is 0 Å². The molecule has 4 aliphatic rings. The van der Waals surface area contributed by atoms with Gasteiger partial charge in [0.05, 0.1) is 12.2 Å². The second-order valence-corrected chi connectivity index (χ2v) is 11.4. The van der Waals surface area contributed by atoms with Crippen LogP contribution in [0.4, 0.5) is 0 Å². The van der Waals surface area contributed by atoms with Crippen molar-refractivity contribution in [3.8, 4) is 0 Å². The van der Waals surface area contributed by atoms with Gasteiger partial charge in [-0.25, -0.2) is 0 Å². The summed E-state index contributed by atoms with van der Waals surface area (Å²) in [6.07, 6.45) is 9.19. The molecule has 0 aromatic carbocycles. The fourth-order valence-corrected chi connectivity index (χ4v) is 9.09. The molecular weight excluding hydrogens is 320 g/mol. The van der Waals surface area contributed by atoms with Gasteiger partial charge < -0.3 is 10.2 Å². The van der Waals surface area contributed by atoms with Crippen molar-refractivity contribution in [2.24, 2.45) is 52.3 Å². The van der Waals surface area contributed by atoms with Gasteiger partial charge in [0, 0.05) is 0 Å². The zero-order valence-corrected chi connectivity index (χ0v) is 17.7. The van der Waals surface area contributed by atoms with Crippen LogP contribution in [0.25, 0.3) is 0 Å². The van der Waals surface area contributed by atoms with Crippen molar-refractivity contribution in [2.75, 3.05) is 0 Å². The maximum absolute atomic E-state index is 11.6. The third-order valence-electron chi connectivity index (χ3n) is 10.3. The number of hydrogen-bond donors (Lipinski definition) is 2. The zero-order chi connectivity index (χ0) is 18.9. The summed E-state index contributed by atoms with van der Waals surface area (Å²) >= 11 is 0. The van der Waals surface area contributed by atoms with Crippen molar-refractivity contribution >= 4 is 0 Å². The number of hydrogen-bond acceptors (Lipinski definition) is 2. The molecule has 0 spiro atoms. The first-order valence-electron chi connectivity index (χ1n) is 11.6.